The predicted molar refractivity (Wildman–Crippen MR) is 74.5 cm³/mol. The van der Waals surface area contributed by atoms with Crippen LogP contribution in [-0.4, -0.2) is 4.98 Å². The van der Waals surface area contributed by atoms with Gasteiger partial charge in [-0.2, -0.15) is 0 Å². The fourth-order valence-electron chi connectivity index (χ4n) is 1.78. The summed E-state index contributed by atoms with van der Waals surface area (Å²) < 4.78 is 0. The number of benzene rings is 1. The zero-order chi connectivity index (χ0) is 13.0. The first-order valence-corrected chi connectivity index (χ1v) is 6.26. The number of halogens is 2. The third kappa shape index (κ3) is 3.43. The van der Waals surface area contributed by atoms with Gasteiger partial charge in [-0.1, -0.05) is 29.3 Å². The van der Waals surface area contributed by atoms with Crippen molar-refractivity contribution in [2.24, 2.45) is 5.84 Å². The average molecular weight is 282 g/mol. The lowest BCUT2D eigenvalue weighted by Gasteiger charge is -2.16. The highest BCUT2D eigenvalue weighted by Crippen LogP contribution is 2.24. The van der Waals surface area contributed by atoms with Gasteiger partial charge in [0.2, 0.25) is 0 Å². The van der Waals surface area contributed by atoms with E-state index in [1.807, 2.05) is 30.3 Å². The van der Waals surface area contributed by atoms with Crippen LogP contribution in [0.3, 0.4) is 0 Å². The Balaban J connectivity index is 2.23. The smallest absolute Gasteiger partial charge is 0.0516 e. The third-order valence-corrected chi connectivity index (χ3v) is 3.06. The summed E-state index contributed by atoms with van der Waals surface area (Å²) in [6.07, 6.45) is 2.43. The maximum absolute atomic E-state index is 5.99. The molecule has 0 radical (unpaired) electrons. The van der Waals surface area contributed by atoms with Crippen LogP contribution in [0.5, 0.6) is 0 Å². The van der Waals surface area contributed by atoms with Crippen molar-refractivity contribution in [3.63, 3.8) is 0 Å². The van der Waals surface area contributed by atoms with Crippen molar-refractivity contribution in [3.05, 3.63) is 63.9 Å². The molecule has 1 unspecified atom stereocenters. The molecule has 1 aromatic carbocycles. The number of rotatable bonds is 4. The lowest BCUT2D eigenvalue weighted by molar-refractivity contribution is 0.546. The summed E-state index contributed by atoms with van der Waals surface area (Å²) in [5, 5.41) is 1.19. The van der Waals surface area contributed by atoms with Gasteiger partial charge in [-0.05, 0) is 35.9 Å². The van der Waals surface area contributed by atoms with Crippen LogP contribution in [0.25, 0.3) is 0 Å². The molecule has 0 aliphatic rings. The number of nitrogens with two attached hydrogens (primary N) is 1. The Bertz CT molecular complexity index is 497. The first-order chi connectivity index (χ1) is 8.69. The van der Waals surface area contributed by atoms with E-state index in [1.54, 1.807) is 12.3 Å². The van der Waals surface area contributed by atoms with Gasteiger partial charge >= 0.3 is 0 Å². The topological polar surface area (TPSA) is 50.9 Å². The minimum absolute atomic E-state index is 0.0731. The molecule has 2 rings (SSSR count). The molecule has 0 saturated heterocycles. The van der Waals surface area contributed by atoms with Gasteiger partial charge in [-0.15, -0.1) is 0 Å². The first kappa shape index (κ1) is 13.3. The number of hydrazine groups is 1. The molecule has 0 fully saturated rings. The van der Waals surface area contributed by atoms with Gasteiger partial charge in [0.05, 0.1) is 6.04 Å². The van der Waals surface area contributed by atoms with E-state index in [2.05, 4.69) is 10.4 Å². The summed E-state index contributed by atoms with van der Waals surface area (Å²) >= 11 is 12.0. The molecule has 0 saturated carbocycles. The molecule has 1 atom stereocenters. The molecule has 94 valence electrons. The molecule has 0 aliphatic heterocycles. The summed E-state index contributed by atoms with van der Waals surface area (Å²) in [5.74, 6) is 5.59. The van der Waals surface area contributed by atoms with Crippen molar-refractivity contribution in [2.45, 2.75) is 12.5 Å². The normalized spacial score (nSPS) is 12.4. The molecule has 0 amide bonds. The average Bonchev–Trinajstić information content (AvgIpc) is 2.36. The summed E-state index contributed by atoms with van der Waals surface area (Å²) in [6.45, 7) is 0. The van der Waals surface area contributed by atoms with Gasteiger partial charge in [0.1, 0.15) is 0 Å². The highest BCUT2D eigenvalue weighted by atomic mass is 35.5. The van der Waals surface area contributed by atoms with Crippen LogP contribution in [-0.2, 0) is 6.42 Å². The van der Waals surface area contributed by atoms with Crippen LogP contribution in [0.2, 0.25) is 10.0 Å². The molecule has 1 aromatic heterocycles. The van der Waals surface area contributed by atoms with E-state index in [4.69, 9.17) is 29.0 Å². The highest BCUT2D eigenvalue weighted by Gasteiger charge is 2.12. The second-order valence-electron chi connectivity index (χ2n) is 3.95. The number of nitrogens with one attached hydrogen (secondary N) is 1. The highest BCUT2D eigenvalue weighted by molar-refractivity contribution is 6.34. The SMILES string of the molecule is NNC(Cc1ccccn1)c1cc(Cl)cc(Cl)c1. The van der Waals surface area contributed by atoms with Crippen molar-refractivity contribution < 1.29 is 0 Å². The van der Waals surface area contributed by atoms with E-state index in [0.717, 1.165) is 11.3 Å². The van der Waals surface area contributed by atoms with Crippen LogP contribution in [0.15, 0.2) is 42.6 Å². The van der Waals surface area contributed by atoms with Crippen molar-refractivity contribution in [1.82, 2.24) is 10.4 Å². The Morgan fingerprint density at radius 2 is 1.89 bits per heavy atom. The molecule has 5 heteroatoms. The van der Waals surface area contributed by atoms with Gasteiger partial charge in [0.25, 0.3) is 0 Å². The number of hydrogen-bond acceptors (Lipinski definition) is 3. The summed E-state index contributed by atoms with van der Waals surface area (Å²) in [4.78, 5) is 4.28. The van der Waals surface area contributed by atoms with Crippen LogP contribution in [0.1, 0.15) is 17.3 Å². The molecular formula is C13H13Cl2N3. The molecule has 0 aliphatic carbocycles. The van der Waals surface area contributed by atoms with Crippen LogP contribution in [0.4, 0.5) is 0 Å². The molecule has 0 bridgehead atoms. The van der Waals surface area contributed by atoms with Crippen molar-refractivity contribution in [2.75, 3.05) is 0 Å². The lowest BCUT2D eigenvalue weighted by atomic mass is 10.0. The maximum atomic E-state index is 5.99. The summed E-state index contributed by atoms with van der Waals surface area (Å²) in [5.41, 5.74) is 4.66. The Morgan fingerprint density at radius 1 is 1.17 bits per heavy atom. The molecule has 0 spiro atoms. The van der Waals surface area contributed by atoms with E-state index < -0.39 is 0 Å². The fraction of sp³-hybridized carbons (Fsp3) is 0.154. The minimum atomic E-state index is -0.0731. The summed E-state index contributed by atoms with van der Waals surface area (Å²) in [6, 6.07) is 11.1. The van der Waals surface area contributed by atoms with Crippen molar-refractivity contribution in [1.29, 1.82) is 0 Å². The first-order valence-electron chi connectivity index (χ1n) is 5.51. The van der Waals surface area contributed by atoms with E-state index in [0.29, 0.717) is 16.5 Å². The maximum Gasteiger partial charge on any atom is 0.0516 e. The van der Waals surface area contributed by atoms with Crippen LogP contribution in [0, 0.1) is 0 Å². The van der Waals surface area contributed by atoms with Crippen LogP contribution < -0.4 is 11.3 Å². The van der Waals surface area contributed by atoms with Crippen molar-refractivity contribution in [3.8, 4) is 0 Å². The van der Waals surface area contributed by atoms with Gasteiger partial charge in [0, 0.05) is 28.4 Å². The zero-order valence-corrected chi connectivity index (χ0v) is 11.1. The number of nitrogens with zero attached hydrogens (tertiary/aromatic N) is 1. The molecule has 3 nitrogen and oxygen atoms in total. The Hall–Kier alpha value is -1.13. The number of aromatic nitrogens is 1. The van der Waals surface area contributed by atoms with Gasteiger partial charge in [-0.3, -0.25) is 16.3 Å². The molecular weight excluding hydrogens is 269 g/mol. The second kappa shape index (κ2) is 6.16. The standard InChI is InChI=1S/C13H13Cl2N3/c14-10-5-9(6-11(15)7-10)13(18-16)8-12-3-1-2-4-17-12/h1-7,13,18H,8,16H2. The largest absolute Gasteiger partial charge is 0.271 e. The van der Waals surface area contributed by atoms with Gasteiger partial charge in [-0.25, -0.2) is 0 Å². The predicted octanol–water partition coefficient (Wildman–Crippen LogP) is 3.14. The van der Waals surface area contributed by atoms with E-state index in [9.17, 15) is 0 Å². The quantitative estimate of drug-likeness (QED) is 0.669. The Morgan fingerprint density at radius 3 is 2.44 bits per heavy atom. The van der Waals surface area contributed by atoms with Crippen molar-refractivity contribution >= 4 is 23.2 Å². The van der Waals surface area contributed by atoms with Gasteiger partial charge in [0.15, 0.2) is 0 Å². The second-order valence-corrected chi connectivity index (χ2v) is 4.82. The molecule has 18 heavy (non-hydrogen) atoms. The number of hydrogen-bond donors (Lipinski definition) is 2. The van der Waals surface area contributed by atoms with E-state index in [-0.39, 0.29) is 6.04 Å². The number of pyridine rings is 1. The van der Waals surface area contributed by atoms with E-state index >= 15 is 0 Å². The monoisotopic (exact) mass is 281 g/mol. The molecule has 3 N–H and O–H groups in total. The van der Waals surface area contributed by atoms with Gasteiger partial charge < -0.3 is 0 Å². The Labute approximate surface area is 116 Å². The minimum Gasteiger partial charge on any atom is -0.271 e. The fourth-order valence-corrected chi connectivity index (χ4v) is 2.32. The summed E-state index contributed by atoms with van der Waals surface area (Å²) in [7, 11) is 0. The lowest BCUT2D eigenvalue weighted by Crippen LogP contribution is -2.29. The third-order valence-electron chi connectivity index (χ3n) is 2.63. The molecule has 1 heterocycles. The van der Waals surface area contributed by atoms with Crippen LogP contribution >= 0.6 is 23.2 Å². The zero-order valence-electron chi connectivity index (χ0n) is 9.61. The Kier molecular flexibility index (Phi) is 4.55. The molecule has 2 aromatic rings. The van der Waals surface area contributed by atoms with E-state index in [1.165, 1.54) is 0 Å².